The zero-order chi connectivity index (χ0) is 20.1. The number of amides is 1. The van der Waals surface area contributed by atoms with Gasteiger partial charge in [0.05, 0.1) is 0 Å². The van der Waals surface area contributed by atoms with Crippen LogP contribution in [0.15, 0.2) is 10.2 Å². The van der Waals surface area contributed by atoms with E-state index in [1.54, 1.807) is 4.90 Å². The molecule has 0 aliphatic carbocycles. The average Bonchev–Trinajstić information content (AvgIpc) is 2.57. The number of nitrogens with zero attached hydrogens (tertiary/aromatic N) is 1. The second-order valence-electron chi connectivity index (χ2n) is 8.77. The Hall–Kier alpha value is -0.191. The van der Waals surface area contributed by atoms with Crippen molar-refractivity contribution in [3.05, 3.63) is 10.2 Å². The zero-order valence-corrected chi connectivity index (χ0v) is 21.6. The van der Waals surface area contributed by atoms with E-state index in [0.29, 0.717) is 0 Å². The molecule has 0 N–H and O–H groups in total. The van der Waals surface area contributed by atoms with Gasteiger partial charge < -0.3 is 0 Å². The van der Waals surface area contributed by atoms with E-state index in [-0.39, 0.29) is 6.09 Å². The Morgan fingerprint density at radius 2 is 1.42 bits per heavy atom. The normalized spacial score (nSPS) is 12.6. The fourth-order valence-corrected chi connectivity index (χ4v) is 17.8. The summed E-state index contributed by atoms with van der Waals surface area (Å²) in [7, 11) is 1.84. The summed E-state index contributed by atoms with van der Waals surface area (Å²) in [6, 6.07) is 0. The summed E-state index contributed by atoms with van der Waals surface area (Å²) in [5, 5.41) is 0. The van der Waals surface area contributed by atoms with Crippen molar-refractivity contribution < 1.29 is 9.53 Å². The van der Waals surface area contributed by atoms with Gasteiger partial charge >= 0.3 is 168 Å². The summed E-state index contributed by atoms with van der Waals surface area (Å²) < 4.78 is 12.6. The molecule has 0 bridgehead atoms. The third-order valence-electron chi connectivity index (χ3n) is 4.89. The van der Waals surface area contributed by atoms with Gasteiger partial charge in [0.25, 0.3) is 0 Å². The van der Waals surface area contributed by atoms with E-state index in [0.717, 1.165) is 13.0 Å². The monoisotopic (exact) mass is 475 g/mol. The van der Waals surface area contributed by atoms with Crippen LogP contribution in [0.4, 0.5) is 4.79 Å². The van der Waals surface area contributed by atoms with Crippen molar-refractivity contribution in [3.8, 4) is 0 Å². The average molecular weight is 474 g/mol. The Morgan fingerprint density at radius 3 is 1.81 bits per heavy atom. The second kappa shape index (κ2) is 13.9. The molecule has 0 saturated heterocycles. The first kappa shape index (κ1) is 25.8. The molecule has 0 unspecified atom stereocenters. The van der Waals surface area contributed by atoms with Crippen molar-refractivity contribution in [3.63, 3.8) is 0 Å². The van der Waals surface area contributed by atoms with Gasteiger partial charge in [-0.15, -0.1) is 0 Å². The molecule has 0 saturated carbocycles. The minimum absolute atomic E-state index is 0.219. The SMILES string of the molecule is CCC[CH2][Sn](/[CH]=C/CCN(C)C(=O)OC(C)(C)C)([CH2]CCC)[CH2]CCC. The molecule has 0 aliphatic rings. The minimum atomic E-state index is -2.16. The molecule has 0 spiro atoms. The van der Waals surface area contributed by atoms with E-state index in [1.807, 2.05) is 27.8 Å². The van der Waals surface area contributed by atoms with Gasteiger partial charge in [0.1, 0.15) is 0 Å². The Balaban J connectivity index is 4.77. The summed E-state index contributed by atoms with van der Waals surface area (Å²) in [4.78, 5) is 13.8. The van der Waals surface area contributed by atoms with Crippen molar-refractivity contribution in [2.75, 3.05) is 13.6 Å². The summed E-state index contributed by atoms with van der Waals surface area (Å²) in [5.74, 6) is 0. The van der Waals surface area contributed by atoms with Gasteiger partial charge in [-0.3, -0.25) is 0 Å². The third kappa shape index (κ3) is 12.2. The van der Waals surface area contributed by atoms with Gasteiger partial charge in [0, 0.05) is 0 Å². The van der Waals surface area contributed by atoms with Gasteiger partial charge in [-0.2, -0.15) is 0 Å². The number of carbonyl (C=O) groups excluding carboxylic acids is 1. The molecule has 0 heterocycles. The van der Waals surface area contributed by atoms with Crippen LogP contribution < -0.4 is 0 Å². The third-order valence-corrected chi connectivity index (χ3v) is 19.1. The maximum atomic E-state index is 12.1. The van der Waals surface area contributed by atoms with Gasteiger partial charge in [-0.05, 0) is 0 Å². The number of ether oxygens (including phenoxy) is 1. The van der Waals surface area contributed by atoms with Crippen molar-refractivity contribution in [2.45, 2.75) is 105 Å². The topological polar surface area (TPSA) is 29.5 Å². The summed E-state index contributed by atoms with van der Waals surface area (Å²) >= 11 is -2.16. The Bertz CT molecular complexity index is 380. The van der Waals surface area contributed by atoms with Crippen LogP contribution in [0.1, 0.15) is 86.5 Å². The molecular formula is C22H45NO2Sn. The molecule has 0 fully saturated rings. The first-order valence-electron chi connectivity index (χ1n) is 10.8. The molecule has 0 aromatic rings. The fourth-order valence-electron chi connectivity index (χ4n) is 3.24. The van der Waals surface area contributed by atoms with Crippen LogP contribution in [0.3, 0.4) is 0 Å². The summed E-state index contributed by atoms with van der Waals surface area (Å²) in [6.45, 7) is 13.4. The van der Waals surface area contributed by atoms with Crippen molar-refractivity contribution in [1.29, 1.82) is 0 Å². The molecule has 4 heteroatoms. The number of unbranched alkanes of at least 4 members (excludes halogenated alkanes) is 3. The molecule has 0 aromatic carbocycles. The Kier molecular flexibility index (Phi) is 13.8. The number of hydrogen-bond donors (Lipinski definition) is 0. The molecule has 0 aromatic heterocycles. The zero-order valence-electron chi connectivity index (χ0n) is 18.7. The molecule has 0 rings (SSSR count). The molecule has 26 heavy (non-hydrogen) atoms. The molecule has 3 nitrogen and oxygen atoms in total. The van der Waals surface area contributed by atoms with E-state index in [2.05, 4.69) is 30.9 Å². The van der Waals surface area contributed by atoms with E-state index in [9.17, 15) is 4.79 Å². The molecule has 0 radical (unpaired) electrons. The molecule has 0 aliphatic heterocycles. The van der Waals surface area contributed by atoms with Crippen LogP contribution in [0.25, 0.3) is 0 Å². The first-order chi connectivity index (χ1) is 12.2. The van der Waals surface area contributed by atoms with E-state index < -0.39 is 24.0 Å². The maximum absolute atomic E-state index is 12.1. The summed E-state index contributed by atoms with van der Waals surface area (Å²) in [6.07, 6.45) is 11.2. The standard InChI is InChI=1S/C10H18NO2.3C4H9.Sn/c1-6-7-8-11(5)9(12)13-10(2,3)4;3*1-3-4-2;/h1,6H,7-8H2,2-5H3;3*1,3-4H2,2H3;. The van der Waals surface area contributed by atoms with Crippen LogP contribution in [0, 0.1) is 0 Å². The predicted octanol–water partition coefficient (Wildman–Crippen LogP) is 7.19. The second-order valence-corrected chi connectivity index (χ2v) is 21.8. The van der Waals surface area contributed by atoms with Crippen LogP contribution in [0.2, 0.25) is 13.3 Å². The fraction of sp³-hybridized carbons (Fsp3) is 0.864. The van der Waals surface area contributed by atoms with Crippen molar-refractivity contribution in [2.24, 2.45) is 0 Å². The molecular weight excluding hydrogens is 429 g/mol. The summed E-state index contributed by atoms with van der Waals surface area (Å²) in [5.41, 5.74) is -0.423. The predicted molar refractivity (Wildman–Crippen MR) is 118 cm³/mol. The van der Waals surface area contributed by atoms with Crippen LogP contribution in [0.5, 0.6) is 0 Å². The number of rotatable bonds is 13. The van der Waals surface area contributed by atoms with Crippen LogP contribution >= 0.6 is 0 Å². The first-order valence-corrected chi connectivity index (χ1v) is 18.5. The Labute approximate surface area is 167 Å². The van der Waals surface area contributed by atoms with Gasteiger partial charge in [0.15, 0.2) is 0 Å². The number of hydrogen-bond acceptors (Lipinski definition) is 2. The van der Waals surface area contributed by atoms with Gasteiger partial charge in [-0.1, -0.05) is 0 Å². The van der Waals surface area contributed by atoms with E-state index >= 15 is 0 Å². The molecule has 1 amide bonds. The van der Waals surface area contributed by atoms with Gasteiger partial charge in [0.2, 0.25) is 0 Å². The molecule has 154 valence electrons. The number of carbonyl (C=O) groups is 1. The Morgan fingerprint density at radius 1 is 0.962 bits per heavy atom. The van der Waals surface area contributed by atoms with Gasteiger partial charge in [-0.25, -0.2) is 0 Å². The molecule has 0 atom stereocenters. The van der Waals surface area contributed by atoms with Crippen LogP contribution in [-0.2, 0) is 4.74 Å². The quantitative estimate of drug-likeness (QED) is 0.265. The van der Waals surface area contributed by atoms with Crippen molar-refractivity contribution in [1.82, 2.24) is 4.90 Å². The van der Waals surface area contributed by atoms with Crippen molar-refractivity contribution >= 4 is 24.5 Å². The van der Waals surface area contributed by atoms with E-state index in [1.165, 1.54) is 51.8 Å². The van der Waals surface area contributed by atoms with E-state index in [4.69, 9.17) is 4.74 Å². The van der Waals surface area contributed by atoms with Crippen LogP contribution in [-0.4, -0.2) is 48.6 Å².